The Hall–Kier alpha value is -2.17. The SMILES string of the molecule is O=C(Nc1ccncc1)c1cocn1. The summed E-state index contributed by atoms with van der Waals surface area (Å²) < 4.78 is 4.69. The van der Waals surface area contributed by atoms with Gasteiger partial charge in [-0.2, -0.15) is 0 Å². The fourth-order valence-corrected chi connectivity index (χ4v) is 0.955. The van der Waals surface area contributed by atoms with Gasteiger partial charge in [0.25, 0.3) is 5.91 Å². The van der Waals surface area contributed by atoms with Gasteiger partial charge < -0.3 is 9.73 Å². The van der Waals surface area contributed by atoms with E-state index in [1.807, 2.05) is 0 Å². The minimum atomic E-state index is -0.301. The van der Waals surface area contributed by atoms with Gasteiger partial charge in [0.2, 0.25) is 0 Å². The van der Waals surface area contributed by atoms with Crippen molar-refractivity contribution in [3.8, 4) is 0 Å². The van der Waals surface area contributed by atoms with Gasteiger partial charge in [-0.15, -0.1) is 0 Å². The van der Waals surface area contributed by atoms with E-state index in [9.17, 15) is 4.79 Å². The number of hydrogen-bond donors (Lipinski definition) is 1. The third-order valence-corrected chi connectivity index (χ3v) is 1.60. The zero-order valence-electron chi connectivity index (χ0n) is 7.18. The van der Waals surface area contributed by atoms with E-state index in [2.05, 4.69) is 19.7 Å². The lowest BCUT2D eigenvalue weighted by Gasteiger charge is -2.00. The molecular weight excluding hydrogens is 182 g/mol. The van der Waals surface area contributed by atoms with Gasteiger partial charge >= 0.3 is 0 Å². The number of anilines is 1. The van der Waals surface area contributed by atoms with Crippen molar-refractivity contribution in [2.45, 2.75) is 0 Å². The maximum absolute atomic E-state index is 11.4. The number of hydrogen-bond acceptors (Lipinski definition) is 4. The molecule has 5 nitrogen and oxygen atoms in total. The molecule has 0 spiro atoms. The van der Waals surface area contributed by atoms with Crippen LogP contribution in [0.1, 0.15) is 10.5 Å². The Morgan fingerprint density at radius 2 is 2.14 bits per heavy atom. The van der Waals surface area contributed by atoms with Crippen molar-refractivity contribution in [2.75, 3.05) is 5.32 Å². The summed E-state index contributed by atoms with van der Waals surface area (Å²) >= 11 is 0. The molecule has 1 N–H and O–H groups in total. The van der Waals surface area contributed by atoms with Crippen LogP contribution < -0.4 is 5.32 Å². The van der Waals surface area contributed by atoms with Gasteiger partial charge in [0, 0.05) is 18.1 Å². The van der Waals surface area contributed by atoms with Crippen molar-refractivity contribution in [1.29, 1.82) is 0 Å². The highest BCUT2D eigenvalue weighted by atomic mass is 16.3. The van der Waals surface area contributed by atoms with Gasteiger partial charge in [0.1, 0.15) is 6.26 Å². The number of oxazole rings is 1. The van der Waals surface area contributed by atoms with E-state index >= 15 is 0 Å². The van der Waals surface area contributed by atoms with E-state index < -0.39 is 0 Å². The van der Waals surface area contributed by atoms with Crippen molar-refractivity contribution >= 4 is 11.6 Å². The molecule has 0 aliphatic rings. The van der Waals surface area contributed by atoms with E-state index in [1.165, 1.54) is 12.7 Å². The standard InChI is InChI=1S/C9H7N3O2/c13-9(8-5-14-6-11-8)12-7-1-3-10-4-2-7/h1-6H,(H,10,12,13). The fraction of sp³-hybridized carbons (Fsp3) is 0. The van der Waals surface area contributed by atoms with E-state index in [-0.39, 0.29) is 11.6 Å². The summed E-state index contributed by atoms with van der Waals surface area (Å²) in [7, 11) is 0. The Balaban J connectivity index is 2.10. The Kier molecular flexibility index (Phi) is 2.22. The second-order valence-corrected chi connectivity index (χ2v) is 2.56. The molecule has 2 aromatic heterocycles. The van der Waals surface area contributed by atoms with Gasteiger partial charge in [-0.1, -0.05) is 0 Å². The number of pyridine rings is 1. The summed E-state index contributed by atoms with van der Waals surface area (Å²) in [6.45, 7) is 0. The van der Waals surface area contributed by atoms with Crippen LogP contribution >= 0.6 is 0 Å². The Labute approximate surface area is 79.8 Å². The number of carbonyl (C=O) groups excluding carboxylic acids is 1. The molecule has 0 unspecified atom stereocenters. The van der Waals surface area contributed by atoms with E-state index in [0.717, 1.165) is 0 Å². The van der Waals surface area contributed by atoms with Crippen LogP contribution in [0.15, 0.2) is 41.6 Å². The van der Waals surface area contributed by atoms with Gasteiger partial charge in [-0.3, -0.25) is 9.78 Å². The molecule has 0 atom stereocenters. The Morgan fingerprint density at radius 1 is 1.36 bits per heavy atom. The van der Waals surface area contributed by atoms with Crippen LogP contribution in [0.25, 0.3) is 0 Å². The van der Waals surface area contributed by atoms with Crippen LogP contribution in [-0.2, 0) is 0 Å². The van der Waals surface area contributed by atoms with Crippen molar-refractivity contribution in [3.05, 3.63) is 42.9 Å². The van der Waals surface area contributed by atoms with Crippen molar-refractivity contribution in [2.24, 2.45) is 0 Å². The predicted molar refractivity (Wildman–Crippen MR) is 48.7 cm³/mol. The zero-order valence-corrected chi connectivity index (χ0v) is 7.18. The first-order valence-corrected chi connectivity index (χ1v) is 3.96. The average molecular weight is 189 g/mol. The number of nitrogens with one attached hydrogen (secondary N) is 1. The molecule has 5 heteroatoms. The maximum atomic E-state index is 11.4. The van der Waals surface area contributed by atoms with Crippen LogP contribution in [0, 0.1) is 0 Å². The molecule has 0 saturated heterocycles. The van der Waals surface area contributed by atoms with Crippen molar-refractivity contribution < 1.29 is 9.21 Å². The fourth-order valence-electron chi connectivity index (χ4n) is 0.955. The molecule has 0 bridgehead atoms. The minimum Gasteiger partial charge on any atom is -0.451 e. The number of aromatic nitrogens is 2. The molecule has 2 heterocycles. The van der Waals surface area contributed by atoms with Crippen LogP contribution in [0.2, 0.25) is 0 Å². The molecule has 0 aromatic carbocycles. The lowest BCUT2D eigenvalue weighted by Crippen LogP contribution is -2.11. The maximum Gasteiger partial charge on any atom is 0.277 e. The quantitative estimate of drug-likeness (QED) is 0.773. The molecule has 0 saturated carbocycles. The number of carbonyl (C=O) groups is 1. The minimum absolute atomic E-state index is 0.252. The summed E-state index contributed by atoms with van der Waals surface area (Å²) in [5.74, 6) is -0.301. The molecule has 70 valence electrons. The molecule has 2 rings (SSSR count). The molecule has 14 heavy (non-hydrogen) atoms. The lowest BCUT2D eigenvalue weighted by atomic mass is 10.4. The van der Waals surface area contributed by atoms with Crippen molar-refractivity contribution in [3.63, 3.8) is 0 Å². The monoisotopic (exact) mass is 189 g/mol. The third kappa shape index (κ3) is 1.77. The smallest absolute Gasteiger partial charge is 0.277 e. The topological polar surface area (TPSA) is 68.0 Å². The van der Waals surface area contributed by atoms with E-state index in [0.29, 0.717) is 5.69 Å². The third-order valence-electron chi connectivity index (χ3n) is 1.60. The second kappa shape index (κ2) is 3.69. The normalized spacial score (nSPS) is 9.71. The predicted octanol–water partition coefficient (Wildman–Crippen LogP) is 1.32. The van der Waals surface area contributed by atoms with Gasteiger partial charge in [-0.25, -0.2) is 4.98 Å². The van der Waals surface area contributed by atoms with E-state index in [4.69, 9.17) is 0 Å². The molecule has 0 fully saturated rings. The molecule has 0 aliphatic heterocycles. The highest BCUT2D eigenvalue weighted by Gasteiger charge is 2.07. The Morgan fingerprint density at radius 3 is 2.79 bits per heavy atom. The first kappa shape index (κ1) is 8.43. The Bertz CT molecular complexity index is 411. The van der Waals surface area contributed by atoms with Crippen LogP contribution in [-0.4, -0.2) is 15.9 Å². The first-order chi connectivity index (χ1) is 6.86. The molecule has 2 aromatic rings. The summed E-state index contributed by atoms with van der Waals surface area (Å²) in [6, 6.07) is 3.38. The zero-order chi connectivity index (χ0) is 9.80. The summed E-state index contributed by atoms with van der Waals surface area (Å²) in [5, 5.41) is 2.64. The van der Waals surface area contributed by atoms with Crippen molar-refractivity contribution in [1.82, 2.24) is 9.97 Å². The molecule has 0 aliphatic carbocycles. The average Bonchev–Trinajstić information content (AvgIpc) is 2.72. The molecule has 1 amide bonds. The first-order valence-electron chi connectivity index (χ1n) is 3.96. The summed E-state index contributed by atoms with van der Waals surface area (Å²) in [4.78, 5) is 19.0. The largest absolute Gasteiger partial charge is 0.451 e. The highest BCUT2D eigenvalue weighted by Crippen LogP contribution is 2.05. The number of amides is 1. The van der Waals surface area contributed by atoms with E-state index in [1.54, 1.807) is 24.5 Å². The number of nitrogens with zero attached hydrogens (tertiary/aromatic N) is 2. The van der Waals surface area contributed by atoms with Crippen LogP contribution in [0.4, 0.5) is 5.69 Å². The molecular formula is C9H7N3O2. The second-order valence-electron chi connectivity index (χ2n) is 2.56. The number of rotatable bonds is 2. The summed E-state index contributed by atoms with van der Waals surface area (Å²) in [5.41, 5.74) is 0.926. The van der Waals surface area contributed by atoms with Gasteiger partial charge in [0.15, 0.2) is 12.1 Å². The highest BCUT2D eigenvalue weighted by molar-refractivity contribution is 6.02. The molecule has 0 radical (unpaired) electrons. The van der Waals surface area contributed by atoms with Crippen LogP contribution in [0.5, 0.6) is 0 Å². The lowest BCUT2D eigenvalue weighted by molar-refractivity contribution is 0.102. The van der Waals surface area contributed by atoms with Gasteiger partial charge in [0.05, 0.1) is 0 Å². The summed E-state index contributed by atoms with van der Waals surface area (Å²) in [6.07, 6.45) is 5.69. The van der Waals surface area contributed by atoms with Gasteiger partial charge in [-0.05, 0) is 12.1 Å². The van der Waals surface area contributed by atoms with Crippen LogP contribution in [0.3, 0.4) is 0 Å².